The summed E-state index contributed by atoms with van der Waals surface area (Å²) in [4.78, 5) is 45.2. The van der Waals surface area contributed by atoms with Crippen molar-refractivity contribution in [1.82, 2.24) is 4.98 Å². The minimum Gasteiger partial charge on any atom is -0.507 e. The number of methoxy groups -OCH3 is 1. The fraction of sp³-hybridized carbons (Fsp3) is 0.333. The van der Waals surface area contributed by atoms with E-state index < -0.39 is 23.7 Å². The molecule has 1 unspecified atom stereocenters. The maximum absolute atomic E-state index is 13.5. The van der Waals surface area contributed by atoms with E-state index in [0.717, 1.165) is 22.5 Å². The van der Waals surface area contributed by atoms with Crippen molar-refractivity contribution in [3.05, 3.63) is 80.9 Å². The van der Waals surface area contributed by atoms with Crippen molar-refractivity contribution < 1.29 is 29.0 Å². The fourth-order valence-electron chi connectivity index (χ4n) is 4.55. The van der Waals surface area contributed by atoms with Crippen molar-refractivity contribution in [3.63, 3.8) is 0 Å². The number of rotatable bonds is 6. The summed E-state index contributed by atoms with van der Waals surface area (Å²) in [5.74, 6) is -1.89. The Labute approximate surface area is 231 Å². The number of aromatic nitrogens is 1. The molecule has 3 aromatic rings. The average Bonchev–Trinajstić information content (AvgIpc) is 3.40. The molecule has 1 aliphatic heterocycles. The molecule has 0 spiro atoms. The van der Waals surface area contributed by atoms with Crippen molar-refractivity contribution in [2.24, 2.45) is 0 Å². The Hall–Kier alpha value is -3.98. The average molecular weight is 549 g/mol. The third kappa shape index (κ3) is 5.18. The summed E-state index contributed by atoms with van der Waals surface area (Å²) < 4.78 is 10.5. The maximum atomic E-state index is 13.5. The van der Waals surface area contributed by atoms with E-state index in [2.05, 4.69) is 25.8 Å². The van der Waals surface area contributed by atoms with Crippen LogP contribution in [0.2, 0.25) is 0 Å². The summed E-state index contributed by atoms with van der Waals surface area (Å²) in [5.41, 5.74) is 3.08. The quantitative estimate of drug-likeness (QED) is 0.178. The van der Waals surface area contributed by atoms with E-state index in [4.69, 9.17) is 9.47 Å². The number of aryl methyl sites for hydroxylation is 2. The van der Waals surface area contributed by atoms with E-state index in [-0.39, 0.29) is 26.8 Å². The number of esters is 1. The SMILES string of the molecule is CCOc1ccc(/C(O)=C2\C(=O)C(=O)N(c3nc(C)c(C(=O)OC)s3)C2c2ccc(C(C)(C)C)cc2)cc1C. The molecule has 1 saturated heterocycles. The van der Waals surface area contributed by atoms with Gasteiger partial charge in [0.1, 0.15) is 16.4 Å². The summed E-state index contributed by atoms with van der Waals surface area (Å²) in [6.45, 7) is 12.1. The molecule has 1 aliphatic rings. The van der Waals surface area contributed by atoms with Crippen LogP contribution in [0.1, 0.15) is 71.4 Å². The number of amides is 1. The van der Waals surface area contributed by atoms with Gasteiger partial charge in [0.2, 0.25) is 0 Å². The standard InChI is InChI=1S/C30H32N2O6S/c1-8-38-21-14-11-19(15-16(21)2)24(33)22-23(18-9-12-20(13-10-18)30(4,5)6)32(27(35)25(22)34)29-31-17(3)26(39-29)28(36)37-7/h9-15,23,33H,8H2,1-7H3/b24-22+. The zero-order valence-electron chi connectivity index (χ0n) is 23.1. The van der Waals surface area contributed by atoms with Crippen molar-refractivity contribution in [1.29, 1.82) is 0 Å². The Morgan fingerprint density at radius 3 is 2.33 bits per heavy atom. The second-order valence-electron chi connectivity index (χ2n) is 10.4. The highest BCUT2D eigenvalue weighted by Crippen LogP contribution is 2.44. The van der Waals surface area contributed by atoms with Crippen molar-refractivity contribution in [2.45, 2.75) is 53.0 Å². The van der Waals surface area contributed by atoms with Gasteiger partial charge in [-0.05, 0) is 61.1 Å². The molecule has 1 atom stereocenters. The van der Waals surface area contributed by atoms with Gasteiger partial charge in [0.05, 0.1) is 31.0 Å². The first-order valence-corrected chi connectivity index (χ1v) is 13.4. The van der Waals surface area contributed by atoms with Crippen LogP contribution in [-0.2, 0) is 19.7 Å². The first kappa shape index (κ1) is 28.0. The van der Waals surface area contributed by atoms with E-state index in [1.165, 1.54) is 12.0 Å². The molecule has 1 amide bonds. The summed E-state index contributed by atoms with van der Waals surface area (Å²) in [6, 6.07) is 11.7. The van der Waals surface area contributed by atoms with Gasteiger partial charge in [0.15, 0.2) is 5.13 Å². The summed E-state index contributed by atoms with van der Waals surface area (Å²) in [7, 11) is 1.27. The summed E-state index contributed by atoms with van der Waals surface area (Å²) in [6.07, 6.45) is 0. The summed E-state index contributed by atoms with van der Waals surface area (Å²) in [5, 5.41) is 11.6. The van der Waals surface area contributed by atoms with Gasteiger partial charge in [-0.25, -0.2) is 9.78 Å². The number of carbonyl (C=O) groups is 3. The summed E-state index contributed by atoms with van der Waals surface area (Å²) >= 11 is 0.967. The van der Waals surface area contributed by atoms with Gasteiger partial charge in [-0.2, -0.15) is 0 Å². The Morgan fingerprint density at radius 2 is 1.77 bits per heavy atom. The first-order chi connectivity index (χ1) is 18.4. The number of ether oxygens (including phenoxy) is 2. The van der Waals surface area contributed by atoms with Crippen LogP contribution in [0.4, 0.5) is 5.13 Å². The molecule has 2 heterocycles. The van der Waals surface area contributed by atoms with Crippen molar-refractivity contribution in [2.75, 3.05) is 18.6 Å². The van der Waals surface area contributed by atoms with E-state index in [9.17, 15) is 19.5 Å². The van der Waals surface area contributed by atoms with Gasteiger partial charge in [0, 0.05) is 5.56 Å². The van der Waals surface area contributed by atoms with Crippen LogP contribution in [0, 0.1) is 13.8 Å². The van der Waals surface area contributed by atoms with Crippen LogP contribution in [0.25, 0.3) is 5.76 Å². The molecule has 0 bridgehead atoms. The van der Waals surface area contributed by atoms with Crippen LogP contribution in [0.3, 0.4) is 0 Å². The minimum absolute atomic E-state index is 0.0560. The molecular formula is C30H32N2O6S. The van der Waals surface area contributed by atoms with Crippen LogP contribution in [0.15, 0.2) is 48.0 Å². The third-order valence-electron chi connectivity index (χ3n) is 6.65. The van der Waals surface area contributed by atoms with E-state index in [1.54, 1.807) is 25.1 Å². The predicted molar refractivity (Wildman–Crippen MR) is 150 cm³/mol. The van der Waals surface area contributed by atoms with Gasteiger partial charge in [-0.15, -0.1) is 0 Å². The number of aliphatic hydroxyl groups excluding tert-OH is 1. The molecule has 9 heteroatoms. The molecule has 1 aromatic heterocycles. The molecular weight excluding hydrogens is 516 g/mol. The van der Waals surface area contributed by atoms with Crippen LogP contribution in [0.5, 0.6) is 5.75 Å². The van der Waals surface area contributed by atoms with Crippen LogP contribution >= 0.6 is 11.3 Å². The van der Waals surface area contributed by atoms with Gasteiger partial charge < -0.3 is 14.6 Å². The van der Waals surface area contributed by atoms with E-state index >= 15 is 0 Å². The normalized spacial score (nSPS) is 17.0. The zero-order valence-corrected chi connectivity index (χ0v) is 23.9. The molecule has 204 valence electrons. The smallest absolute Gasteiger partial charge is 0.350 e. The van der Waals surface area contributed by atoms with E-state index in [0.29, 0.717) is 29.2 Å². The zero-order chi connectivity index (χ0) is 28.6. The fourth-order valence-corrected chi connectivity index (χ4v) is 5.56. The molecule has 1 fully saturated rings. The lowest BCUT2D eigenvalue weighted by atomic mass is 9.85. The number of benzene rings is 2. The lowest BCUT2D eigenvalue weighted by Crippen LogP contribution is -2.29. The number of ketones is 1. The number of anilines is 1. The molecule has 2 aromatic carbocycles. The highest BCUT2D eigenvalue weighted by atomic mass is 32.1. The lowest BCUT2D eigenvalue weighted by Gasteiger charge is -2.25. The molecule has 39 heavy (non-hydrogen) atoms. The highest BCUT2D eigenvalue weighted by molar-refractivity contribution is 7.17. The Bertz CT molecular complexity index is 1480. The molecule has 8 nitrogen and oxygen atoms in total. The van der Waals surface area contributed by atoms with Crippen LogP contribution < -0.4 is 9.64 Å². The third-order valence-corrected chi connectivity index (χ3v) is 7.78. The highest BCUT2D eigenvalue weighted by Gasteiger charge is 2.48. The molecule has 0 aliphatic carbocycles. The molecule has 0 radical (unpaired) electrons. The topological polar surface area (TPSA) is 106 Å². The van der Waals surface area contributed by atoms with Crippen LogP contribution in [-0.4, -0.2) is 41.5 Å². The molecule has 4 rings (SSSR count). The minimum atomic E-state index is -0.957. The first-order valence-electron chi connectivity index (χ1n) is 12.6. The van der Waals surface area contributed by atoms with Crippen molar-refractivity contribution in [3.8, 4) is 5.75 Å². The largest absolute Gasteiger partial charge is 0.507 e. The predicted octanol–water partition coefficient (Wildman–Crippen LogP) is 5.87. The maximum Gasteiger partial charge on any atom is 0.350 e. The number of Topliss-reactive ketones (excluding diaryl/α,β-unsaturated/α-hetero) is 1. The van der Waals surface area contributed by atoms with E-state index in [1.807, 2.05) is 38.1 Å². The Morgan fingerprint density at radius 1 is 1.10 bits per heavy atom. The Kier molecular flexibility index (Phi) is 7.66. The lowest BCUT2D eigenvalue weighted by molar-refractivity contribution is -0.132. The molecule has 0 saturated carbocycles. The van der Waals surface area contributed by atoms with Crippen molar-refractivity contribution >= 4 is 39.9 Å². The number of hydrogen-bond acceptors (Lipinski definition) is 8. The monoisotopic (exact) mass is 548 g/mol. The van der Waals surface area contributed by atoms with Gasteiger partial charge >= 0.3 is 11.9 Å². The number of aliphatic hydroxyl groups is 1. The number of hydrogen-bond donors (Lipinski definition) is 1. The Balaban J connectivity index is 1.92. The number of carbonyl (C=O) groups excluding carboxylic acids is 3. The second-order valence-corrected chi connectivity index (χ2v) is 11.3. The van der Waals surface area contributed by atoms with Gasteiger partial charge in [0.25, 0.3) is 5.78 Å². The van der Waals surface area contributed by atoms with Gasteiger partial charge in [-0.1, -0.05) is 56.4 Å². The number of thiazole rings is 1. The number of nitrogens with zero attached hydrogens (tertiary/aromatic N) is 2. The molecule has 1 N–H and O–H groups in total. The van der Waals surface area contributed by atoms with Gasteiger partial charge in [-0.3, -0.25) is 14.5 Å². The second kappa shape index (κ2) is 10.6.